The normalized spacial score (nSPS) is 20.9. The van der Waals surface area contributed by atoms with Gasteiger partial charge in [-0.25, -0.2) is 0 Å². The number of halogens is 2. The lowest BCUT2D eigenvalue weighted by Crippen LogP contribution is -2.44. The lowest BCUT2D eigenvalue weighted by molar-refractivity contribution is 0.171. The number of nitrogens with two attached hydrogens (primary N) is 1. The molecule has 0 unspecified atom stereocenters. The van der Waals surface area contributed by atoms with Crippen LogP contribution in [0.4, 0.5) is 0 Å². The molecular weight excluding hydrogens is 316 g/mol. The number of rotatable bonds is 4. The molecule has 0 bridgehead atoms. The van der Waals surface area contributed by atoms with Crippen LogP contribution in [0, 0.1) is 0 Å². The molecule has 0 aromatic heterocycles. The van der Waals surface area contributed by atoms with Crippen LogP contribution in [0.3, 0.4) is 0 Å². The minimum Gasteiger partial charge on any atom is -0.491 e. The second-order valence-corrected chi connectivity index (χ2v) is 5.92. The Hall–Kier alpha value is -0.290. The van der Waals surface area contributed by atoms with Crippen molar-refractivity contribution in [1.82, 2.24) is 4.90 Å². The van der Waals surface area contributed by atoms with Gasteiger partial charge in [0, 0.05) is 24.2 Å². The highest BCUT2D eigenvalue weighted by molar-refractivity contribution is 9.10. The first-order chi connectivity index (χ1) is 8.65. The first-order valence-electron chi connectivity index (χ1n) is 6.21. The fourth-order valence-corrected chi connectivity index (χ4v) is 2.97. The summed E-state index contributed by atoms with van der Waals surface area (Å²) in [6.45, 7) is 3.69. The maximum absolute atomic E-state index is 5.94. The van der Waals surface area contributed by atoms with E-state index < -0.39 is 0 Å². The van der Waals surface area contributed by atoms with Crippen LogP contribution in [0.25, 0.3) is 0 Å². The molecule has 1 saturated heterocycles. The molecule has 1 fully saturated rings. The molecule has 0 radical (unpaired) electrons. The second-order valence-electron chi connectivity index (χ2n) is 4.63. The van der Waals surface area contributed by atoms with Gasteiger partial charge in [-0.05, 0) is 53.5 Å². The van der Waals surface area contributed by atoms with E-state index in [-0.39, 0.29) is 0 Å². The van der Waals surface area contributed by atoms with Crippen molar-refractivity contribution in [3.05, 3.63) is 27.7 Å². The average molecular weight is 334 g/mol. The van der Waals surface area contributed by atoms with Crippen molar-refractivity contribution < 1.29 is 4.74 Å². The van der Waals surface area contributed by atoms with Gasteiger partial charge in [0.15, 0.2) is 0 Å². The topological polar surface area (TPSA) is 38.5 Å². The molecule has 2 N–H and O–H groups in total. The number of hydrogen-bond donors (Lipinski definition) is 1. The van der Waals surface area contributed by atoms with E-state index in [1.54, 1.807) is 0 Å². The Morgan fingerprint density at radius 1 is 1.50 bits per heavy atom. The largest absolute Gasteiger partial charge is 0.491 e. The van der Waals surface area contributed by atoms with Gasteiger partial charge in [-0.1, -0.05) is 11.6 Å². The van der Waals surface area contributed by atoms with Crippen molar-refractivity contribution in [1.29, 1.82) is 0 Å². The highest BCUT2D eigenvalue weighted by Gasteiger charge is 2.16. The predicted octanol–water partition coefficient (Wildman–Crippen LogP) is 2.90. The Bertz CT molecular complexity index is 403. The van der Waals surface area contributed by atoms with Crippen LogP contribution in [0.5, 0.6) is 5.75 Å². The van der Waals surface area contributed by atoms with Gasteiger partial charge in [0.25, 0.3) is 0 Å². The van der Waals surface area contributed by atoms with Crippen molar-refractivity contribution in [2.24, 2.45) is 5.73 Å². The molecule has 3 nitrogen and oxygen atoms in total. The van der Waals surface area contributed by atoms with Gasteiger partial charge in [-0.15, -0.1) is 0 Å². The Labute approximate surface area is 121 Å². The second kappa shape index (κ2) is 6.75. The summed E-state index contributed by atoms with van der Waals surface area (Å²) >= 11 is 9.32. The molecule has 100 valence electrons. The minimum atomic E-state index is 0.320. The van der Waals surface area contributed by atoms with Crippen molar-refractivity contribution in [3.8, 4) is 5.75 Å². The zero-order chi connectivity index (χ0) is 13.0. The summed E-state index contributed by atoms with van der Waals surface area (Å²) in [4.78, 5) is 2.36. The monoisotopic (exact) mass is 332 g/mol. The predicted molar refractivity (Wildman–Crippen MR) is 78.3 cm³/mol. The fourth-order valence-electron chi connectivity index (χ4n) is 2.17. The van der Waals surface area contributed by atoms with E-state index in [9.17, 15) is 0 Å². The van der Waals surface area contributed by atoms with E-state index in [2.05, 4.69) is 20.8 Å². The molecule has 5 heteroatoms. The minimum absolute atomic E-state index is 0.320. The Kier molecular flexibility index (Phi) is 5.30. The lowest BCUT2D eigenvalue weighted by Gasteiger charge is -2.30. The third kappa shape index (κ3) is 4.12. The van der Waals surface area contributed by atoms with Crippen LogP contribution in [0.2, 0.25) is 5.02 Å². The van der Waals surface area contributed by atoms with Crippen molar-refractivity contribution in [3.63, 3.8) is 0 Å². The third-order valence-corrected chi connectivity index (χ3v) is 3.96. The summed E-state index contributed by atoms with van der Waals surface area (Å²) in [5.74, 6) is 0.834. The van der Waals surface area contributed by atoms with E-state index in [4.69, 9.17) is 22.1 Å². The van der Waals surface area contributed by atoms with Gasteiger partial charge >= 0.3 is 0 Å². The van der Waals surface area contributed by atoms with Crippen molar-refractivity contribution in [2.75, 3.05) is 26.2 Å². The zero-order valence-corrected chi connectivity index (χ0v) is 12.6. The summed E-state index contributed by atoms with van der Waals surface area (Å²) in [7, 11) is 0. The molecular formula is C13H18BrClN2O. The summed E-state index contributed by atoms with van der Waals surface area (Å²) in [5.41, 5.74) is 5.94. The molecule has 1 aromatic rings. The SMILES string of the molecule is N[C@@H]1CCCN(CCOc2ccc(Cl)cc2Br)C1. The molecule has 0 aliphatic carbocycles. The standard InChI is InChI=1S/C13H18BrClN2O/c14-12-8-10(15)3-4-13(12)18-7-6-17-5-1-2-11(16)9-17/h3-4,8,11H,1-2,5-7,9,16H2/t11-/m1/s1. The van der Waals surface area contributed by atoms with E-state index in [1.807, 2.05) is 18.2 Å². The highest BCUT2D eigenvalue weighted by Crippen LogP contribution is 2.27. The number of piperidine rings is 1. The molecule has 2 rings (SSSR count). The molecule has 0 spiro atoms. The first-order valence-corrected chi connectivity index (χ1v) is 7.38. The molecule has 18 heavy (non-hydrogen) atoms. The average Bonchev–Trinajstić information content (AvgIpc) is 2.32. The number of hydrogen-bond acceptors (Lipinski definition) is 3. The number of benzene rings is 1. The van der Waals surface area contributed by atoms with E-state index in [0.717, 1.165) is 36.3 Å². The van der Waals surface area contributed by atoms with Crippen LogP contribution in [0.15, 0.2) is 22.7 Å². The smallest absolute Gasteiger partial charge is 0.133 e. The summed E-state index contributed by atoms with van der Waals surface area (Å²) < 4.78 is 6.64. The summed E-state index contributed by atoms with van der Waals surface area (Å²) in [6, 6.07) is 5.88. The van der Waals surface area contributed by atoms with Crippen molar-refractivity contribution in [2.45, 2.75) is 18.9 Å². The van der Waals surface area contributed by atoms with Gasteiger partial charge in [0.05, 0.1) is 4.47 Å². The zero-order valence-electron chi connectivity index (χ0n) is 10.2. The van der Waals surface area contributed by atoms with Crippen LogP contribution >= 0.6 is 27.5 Å². The molecule has 1 aromatic carbocycles. The molecule has 1 aliphatic rings. The molecule has 1 heterocycles. The third-order valence-electron chi connectivity index (χ3n) is 3.10. The van der Waals surface area contributed by atoms with Gasteiger partial charge < -0.3 is 10.5 Å². The summed E-state index contributed by atoms with van der Waals surface area (Å²) in [6.07, 6.45) is 2.33. The van der Waals surface area contributed by atoms with Crippen LogP contribution in [-0.2, 0) is 0 Å². The quantitative estimate of drug-likeness (QED) is 0.921. The van der Waals surface area contributed by atoms with E-state index in [1.165, 1.54) is 6.42 Å². The van der Waals surface area contributed by atoms with Crippen molar-refractivity contribution >= 4 is 27.5 Å². The molecule has 0 amide bonds. The maximum Gasteiger partial charge on any atom is 0.133 e. The Morgan fingerprint density at radius 3 is 3.06 bits per heavy atom. The van der Waals surface area contributed by atoms with Crippen LogP contribution in [-0.4, -0.2) is 37.2 Å². The number of likely N-dealkylation sites (tertiary alicyclic amines) is 1. The number of ether oxygens (including phenoxy) is 1. The van der Waals surface area contributed by atoms with Crippen LogP contribution in [0.1, 0.15) is 12.8 Å². The molecule has 0 saturated carbocycles. The maximum atomic E-state index is 5.94. The summed E-state index contributed by atoms with van der Waals surface area (Å²) in [5, 5.41) is 0.705. The van der Waals surface area contributed by atoms with E-state index >= 15 is 0 Å². The Balaban J connectivity index is 1.77. The number of nitrogens with zero attached hydrogens (tertiary/aromatic N) is 1. The van der Waals surface area contributed by atoms with E-state index in [0.29, 0.717) is 17.7 Å². The van der Waals surface area contributed by atoms with Gasteiger partial charge in [-0.2, -0.15) is 0 Å². The van der Waals surface area contributed by atoms with Gasteiger partial charge in [0.2, 0.25) is 0 Å². The lowest BCUT2D eigenvalue weighted by atomic mass is 10.1. The van der Waals surface area contributed by atoms with Gasteiger partial charge in [0.1, 0.15) is 12.4 Å². The van der Waals surface area contributed by atoms with Gasteiger partial charge in [-0.3, -0.25) is 4.90 Å². The van der Waals surface area contributed by atoms with Crippen LogP contribution < -0.4 is 10.5 Å². The molecule has 1 atom stereocenters. The first kappa shape index (κ1) is 14.1. The molecule has 1 aliphatic heterocycles. The highest BCUT2D eigenvalue weighted by atomic mass is 79.9. The Morgan fingerprint density at radius 2 is 2.33 bits per heavy atom. The fraction of sp³-hybridized carbons (Fsp3) is 0.538.